The molecular weight excluding hydrogens is 668 g/mol. The Morgan fingerprint density at radius 3 is 2.62 bits per heavy atom. The van der Waals surface area contributed by atoms with Gasteiger partial charge in [-0.3, -0.25) is 13.9 Å². The number of fused-ring (bicyclic) bond motifs is 3. The van der Waals surface area contributed by atoms with Gasteiger partial charge in [0, 0.05) is 19.5 Å². The van der Waals surface area contributed by atoms with Crippen molar-refractivity contribution in [2.45, 2.75) is 63.4 Å². The zero-order valence-electron chi connectivity index (χ0n) is 27.3. The number of benzene rings is 2. The fourth-order valence-corrected chi connectivity index (χ4v) is 8.00. The summed E-state index contributed by atoms with van der Waals surface area (Å²) in [5.41, 5.74) is 1.85. The van der Waals surface area contributed by atoms with Crippen molar-refractivity contribution in [3.05, 3.63) is 48.8 Å². The first kappa shape index (κ1) is 34.3. The van der Waals surface area contributed by atoms with Gasteiger partial charge in [0.1, 0.15) is 23.5 Å². The smallest absolute Gasteiger partial charge is 0.459 e. The molecule has 0 radical (unpaired) electrons. The average Bonchev–Trinajstić information content (AvgIpc) is 3.25. The average molecular weight is 706 g/mol. The van der Waals surface area contributed by atoms with E-state index < -0.39 is 55.3 Å². The highest BCUT2D eigenvalue weighted by atomic mass is 35.5. The number of hydrogen-bond acceptors (Lipinski definition) is 12. The van der Waals surface area contributed by atoms with E-state index in [2.05, 4.69) is 20.0 Å². The van der Waals surface area contributed by atoms with Gasteiger partial charge in [0.25, 0.3) is 0 Å². The molecule has 2 aliphatic rings. The van der Waals surface area contributed by atoms with Crippen LogP contribution in [-0.4, -0.2) is 86.7 Å². The molecule has 6 rings (SSSR count). The van der Waals surface area contributed by atoms with Crippen LogP contribution in [0, 0.1) is 5.41 Å². The topological polar surface area (TPSA) is 176 Å². The Kier molecular flexibility index (Phi) is 8.62. The second-order valence-corrected chi connectivity index (χ2v) is 15.4. The number of ether oxygens (including phenoxy) is 2. The Bertz CT molecular complexity index is 1920. The maximum absolute atomic E-state index is 16.5. The Morgan fingerprint density at radius 2 is 1.96 bits per heavy atom. The van der Waals surface area contributed by atoms with Crippen LogP contribution in [0.2, 0.25) is 0 Å². The van der Waals surface area contributed by atoms with E-state index in [1.165, 1.54) is 17.8 Å². The third-order valence-corrected chi connectivity index (χ3v) is 10.3. The van der Waals surface area contributed by atoms with Gasteiger partial charge in [0.15, 0.2) is 35.0 Å². The maximum Gasteiger partial charge on any atom is 0.459 e. The van der Waals surface area contributed by atoms with Crippen molar-refractivity contribution in [3.63, 3.8) is 0 Å². The van der Waals surface area contributed by atoms with Gasteiger partial charge >= 0.3 is 13.7 Å². The summed E-state index contributed by atoms with van der Waals surface area (Å²) in [6.45, 7) is 7.20. The second-order valence-electron chi connectivity index (χ2n) is 13.5. The number of hydrogen-bond donors (Lipinski definition) is 3. The Morgan fingerprint density at radius 1 is 1.25 bits per heavy atom. The molecule has 2 fully saturated rings. The van der Waals surface area contributed by atoms with Gasteiger partial charge in [-0.2, -0.15) is 15.1 Å². The number of anilines is 2. The third kappa shape index (κ3) is 5.76. The van der Waals surface area contributed by atoms with Crippen LogP contribution in [0.1, 0.15) is 33.9 Å². The number of carbonyl (C=O) groups excluding carboxylic acids is 1. The molecule has 0 amide bonds. The number of nitrogens with one attached hydrogen (secondary N) is 1. The predicted octanol–water partition coefficient (Wildman–Crippen LogP) is 4.36. The van der Waals surface area contributed by atoms with E-state index in [9.17, 15) is 14.5 Å². The van der Waals surface area contributed by atoms with Crippen LogP contribution in [-0.2, 0) is 23.4 Å². The molecule has 2 unspecified atom stereocenters. The molecule has 0 spiro atoms. The molecule has 0 bridgehead atoms. The molecule has 258 valence electrons. The van der Waals surface area contributed by atoms with Gasteiger partial charge in [-0.1, -0.05) is 57.2 Å². The number of alkyl halides is 2. The highest BCUT2D eigenvalue weighted by molar-refractivity contribution is 7.52. The van der Waals surface area contributed by atoms with Gasteiger partial charge in [-0.25, -0.2) is 13.9 Å². The second kappa shape index (κ2) is 12.1. The van der Waals surface area contributed by atoms with Gasteiger partial charge in [0.05, 0.1) is 18.8 Å². The van der Waals surface area contributed by atoms with Crippen LogP contribution < -0.4 is 20.2 Å². The zero-order valence-corrected chi connectivity index (χ0v) is 28.9. The number of nitrogen functional groups attached to an aromatic ring is 1. The number of nitrogens with zero attached hydrogens (tertiary/aromatic N) is 5. The molecule has 2 aromatic carbocycles. The quantitative estimate of drug-likeness (QED) is 0.114. The summed E-state index contributed by atoms with van der Waals surface area (Å²) in [5.74, 6) is -0.691. The summed E-state index contributed by atoms with van der Waals surface area (Å²) in [6.07, 6.45) is -3.90. The Hall–Kier alpha value is -3.59. The van der Waals surface area contributed by atoms with E-state index in [-0.39, 0.29) is 29.4 Å². The van der Waals surface area contributed by atoms with E-state index in [1.807, 2.05) is 39.0 Å². The first-order valence-electron chi connectivity index (χ1n) is 15.2. The van der Waals surface area contributed by atoms with Crippen molar-refractivity contribution in [2.75, 3.05) is 37.2 Å². The van der Waals surface area contributed by atoms with Crippen molar-refractivity contribution < 1.29 is 37.4 Å². The zero-order chi connectivity index (χ0) is 34.8. The maximum atomic E-state index is 16.5. The summed E-state index contributed by atoms with van der Waals surface area (Å²) in [5, 5.41) is 15.8. The van der Waals surface area contributed by atoms with Crippen LogP contribution >= 0.6 is 19.3 Å². The molecule has 4 aromatic rings. The minimum absolute atomic E-state index is 0.0776. The predicted molar refractivity (Wildman–Crippen MR) is 178 cm³/mol. The lowest BCUT2D eigenvalue weighted by molar-refractivity contribution is -0.148. The number of halogens is 2. The van der Waals surface area contributed by atoms with Gasteiger partial charge in [-0.15, -0.1) is 11.6 Å². The largest absolute Gasteiger partial charge is 0.464 e. The first-order chi connectivity index (χ1) is 22.5. The molecule has 2 aromatic heterocycles. The summed E-state index contributed by atoms with van der Waals surface area (Å²) < 4.78 is 55.9. The minimum Gasteiger partial charge on any atom is -0.464 e. The standard InChI is InChI=1S/C31H38ClFN7O7P/c1-17(26(41)44-15-29(2,3)4)38-48(43,46-20-13-9-11-18-10-7-8-12-19(18)20)47-27-30(14-32)31(27,42)22(33)25(45-30)40-16-35-21-23(39(5)6)36-28(34)37-24(21)40/h7-13,16-17,22,25,27,42H,14-15H2,1-6H3,(H,38,43)(H2,34,36,37)/t17-,22+,25-,27?,30-,31-,48?/m1/s1. The van der Waals surface area contributed by atoms with E-state index in [0.29, 0.717) is 16.7 Å². The summed E-state index contributed by atoms with van der Waals surface area (Å²) >= 11 is 6.35. The molecule has 1 aliphatic carbocycles. The molecule has 14 nitrogen and oxygen atoms in total. The molecule has 3 heterocycles. The molecule has 4 N–H and O–H groups in total. The highest BCUT2D eigenvalue weighted by Crippen LogP contribution is 2.69. The number of esters is 1. The molecule has 48 heavy (non-hydrogen) atoms. The van der Waals surface area contributed by atoms with Crippen LogP contribution in [0.15, 0.2) is 48.8 Å². The van der Waals surface area contributed by atoms with E-state index in [4.69, 9.17) is 35.9 Å². The SMILES string of the molecule is C[C@@H](NP(=O)(Oc1cccc2ccccc12)OC1[C@@]2(CCl)O[C@@H](n3cnc4c(N(C)C)nc(N)nc43)[C@H](F)[C@@]12O)C(=O)OCC(C)(C)C. The van der Waals surface area contributed by atoms with Gasteiger partial charge in [-0.05, 0) is 23.8 Å². The van der Waals surface area contributed by atoms with E-state index in [0.717, 1.165) is 5.39 Å². The van der Waals surface area contributed by atoms with Crippen molar-refractivity contribution in [1.82, 2.24) is 24.6 Å². The lowest BCUT2D eigenvalue weighted by Crippen LogP contribution is -2.38. The van der Waals surface area contributed by atoms with E-state index in [1.54, 1.807) is 43.3 Å². The van der Waals surface area contributed by atoms with Gasteiger partial charge in [0.2, 0.25) is 5.95 Å². The lowest BCUT2D eigenvalue weighted by Gasteiger charge is -2.28. The fourth-order valence-electron chi connectivity index (χ4n) is 5.82. The monoisotopic (exact) mass is 705 g/mol. The summed E-state index contributed by atoms with van der Waals surface area (Å²) in [4.78, 5) is 27.4. The van der Waals surface area contributed by atoms with E-state index >= 15 is 4.39 Å². The Labute approximate surface area is 281 Å². The van der Waals surface area contributed by atoms with Crippen LogP contribution in [0.5, 0.6) is 5.75 Å². The number of rotatable bonds is 11. The van der Waals surface area contributed by atoms with Gasteiger partial charge < -0.3 is 29.7 Å². The van der Waals surface area contributed by atoms with Crippen LogP contribution in [0.3, 0.4) is 0 Å². The van der Waals surface area contributed by atoms with Crippen molar-refractivity contribution in [1.29, 1.82) is 0 Å². The highest BCUT2D eigenvalue weighted by Gasteiger charge is 2.90. The lowest BCUT2D eigenvalue weighted by atomic mass is 9.99. The third-order valence-electron chi connectivity index (χ3n) is 8.30. The van der Waals surface area contributed by atoms with Crippen LogP contribution in [0.25, 0.3) is 21.9 Å². The normalized spacial score (nSPS) is 27.0. The van der Waals surface area contributed by atoms with Crippen LogP contribution in [0.4, 0.5) is 16.2 Å². The molecule has 1 saturated carbocycles. The first-order valence-corrected chi connectivity index (χ1v) is 17.3. The number of imidazole rings is 1. The Balaban J connectivity index is 1.31. The number of aliphatic hydroxyl groups is 1. The van der Waals surface area contributed by atoms with Crippen molar-refractivity contribution >= 4 is 59.0 Å². The number of carbonyl (C=O) groups is 1. The minimum atomic E-state index is -4.61. The number of nitrogens with two attached hydrogens (primary N) is 1. The fraction of sp³-hybridized carbons (Fsp3) is 0.484. The summed E-state index contributed by atoms with van der Waals surface area (Å²) in [6, 6.07) is 11.1. The molecule has 7 atom stereocenters. The number of aromatic nitrogens is 4. The van der Waals surface area contributed by atoms with Crippen molar-refractivity contribution in [2.24, 2.45) is 5.41 Å². The molecule has 1 aliphatic heterocycles. The van der Waals surface area contributed by atoms with Crippen molar-refractivity contribution in [3.8, 4) is 5.75 Å². The molecule has 1 saturated heterocycles. The molecular formula is C31H38ClFN7O7P. The summed E-state index contributed by atoms with van der Waals surface area (Å²) in [7, 11) is -1.13. The molecule has 17 heteroatoms.